The Kier molecular flexibility index (Phi) is 3.86. The minimum Gasteiger partial charge on any atom is -0.310 e. The van der Waals surface area contributed by atoms with E-state index in [0.29, 0.717) is 28.9 Å². The smallest absolute Gasteiger partial charge is 0.227 e. The highest BCUT2D eigenvalue weighted by molar-refractivity contribution is 6.37. The highest BCUT2D eigenvalue weighted by Crippen LogP contribution is 2.36. The van der Waals surface area contributed by atoms with Crippen LogP contribution >= 0.6 is 34.8 Å². The minimum atomic E-state index is 0.0722. The van der Waals surface area contributed by atoms with Crippen LogP contribution in [0.3, 0.4) is 0 Å². The number of carbonyl (C=O) groups excluding carboxylic acids is 1. The van der Waals surface area contributed by atoms with E-state index in [1.165, 1.54) is 0 Å². The summed E-state index contributed by atoms with van der Waals surface area (Å²) in [6.07, 6.45) is 0.488. The van der Waals surface area contributed by atoms with E-state index in [9.17, 15) is 4.79 Å². The molecule has 5 heteroatoms. The third-order valence-electron chi connectivity index (χ3n) is 2.91. The third kappa shape index (κ3) is 2.54. The molecule has 1 aliphatic heterocycles. The molecule has 1 heterocycles. The predicted octanol–water partition coefficient (Wildman–Crippen LogP) is 3.89. The van der Waals surface area contributed by atoms with Gasteiger partial charge in [0.2, 0.25) is 5.91 Å². The Balaban J connectivity index is 2.38. The summed E-state index contributed by atoms with van der Waals surface area (Å²) in [6.45, 7) is 2.53. The summed E-state index contributed by atoms with van der Waals surface area (Å²) in [5.74, 6) is 0.769. The van der Waals surface area contributed by atoms with Crippen molar-refractivity contribution in [2.75, 3.05) is 17.3 Å². The standard InChI is InChI=1S/C12H12Cl3NO/c1-7-2-9(14)4-10(15)12(7)16-6-8(5-13)3-11(16)17/h2,4,8H,3,5-6H2,1H3. The van der Waals surface area contributed by atoms with E-state index in [2.05, 4.69) is 0 Å². The van der Waals surface area contributed by atoms with Gasteiger partial charge in [-0.3, -0.25) is 4.79 Å². The van der Waals surface area contributed by atoms with Gasteiger partial charge in [0.1, 0.15) is 0 Å². The number of anilines is 1. The highest BCUT2D eigenvalue weighted by Gasteiger charge is 2.31. The molecule has 2 nitrogen and oxygen atoms in total. The molecule has 0 aliphatic carbocycles. The average molecular weight is 293 g/mol. The van der Waals surface area contributed by atoms with E-state index >= 15 is 0 Å². The van der Waals surface area contributed by atoms with Gasteiger partial charge in [-0.25, -0.2) is 0 Å². The second-order valence-corrected chi connectivity index (χ2v) is 5.43. The number of carbonyl (C=O) groups is 1. The molecule has 1 aromatic carbocycles. The number of nitrogens with zero attached hydrogens (tertiary/aromatic N) is 1. The molecule has 1 aliphatic rings. The molecule has 1 amide bonds. The van der Waals surface area contributed by atoms with E-state index in [0.717, 1.165) is 11.3 Å². The Bertz CT molecular complexity index is 438. The molecule has 1 fully saturated rings. The van der Waals surface area contributed by atoms with Crippen molar-refractivity contribution in [2.45, 2.75) is 13.3 Å². The Morgan fingerprint density at radius 1 is 1.41 bits per heavy atom. The number of hydrogen-bond donors (Lipinski definition) is 0. The Morgan fingerprint density at radius 2 is 2.12 bits per heavy atom. The number of alkyl halides is 1. The van der Waals surface area contributed by atoms with Gasteiger partial charge in [-0.2, -0.15) is 0 Å². The van der Waals surface area contributed by atoms with E-state index in [-0.39, 0.29) is 11.8 Å². The summed E-state index contributed by atoms with van der Waals surface area (Å²) in [5, 5.41) is 1.09. The lowest BCUT2D eigenvalue weighted by atomic mass is 10.1. The minimum absolute atomic E-state index is 0.0722. The van der Waals surface area contributed by atoms with Crippen LogP contribution in [-0.4, -0.2) is 18.3 Å². The molecule has 0 radical (unpaired) electrons. The molecule has 1 saturated heterocycles. The van der Waals surface area contributed by atoms with Gasteiger partial charge < -0.3 is 4.90 Å². The van der Waals surface area contributed by atoms with Crippen LogP contribution in [0.2, 0.25) is 10.0 Å². The van der Waals surface area contributed by atoms with E-state index in [4.69, 9.17) is 34.8 Å². The molecule has 0 N–H and O–H groups in total. The van der Waals surface area contributed by atoms with Crippen molar-refractivity contribution in [3.8, 4) is 0 Å². The van der Waals surface area contributed by atoms with Crippen LogP contribution in [0.1, 0.15) is 12.0 Å². The van der Waals surface area contributed by atoms with Crippen LogP contribution in [0.25, 0.3) is 0 Å². The van der Waals surface area contributed by atoms with Crippen molar-refractivity contribution < 1.29 is 4.79 Å². The molecule has 1 atom stereocenters. The largest absolute Gasteiger partial charge is 0.310 e. The molecule has 1 aromatic rings. The number of aryl methyl sites for hydroxylation is 1. The molecule has 2 rings (SSSR count). The SMILES string of the molecule is Cc1cc(Cl)cc(Cl)c1N1CC(CCl)CC1=O. The quantitative estimate of drug-likeness (QED) is 0.757. The number of rotatable bonds is 2. The maximum atomic E-state index is 11.9. The number of amides is 1. The summed E-state index contributed by atoms with van der Waals surface area (Å²) in [6, 6.07) is 3.47. The second kappa shape index (κ2) is 5.05. The Morgan fingerprint density at radius 3 is 2.65 bits per heavy atom. The number of benzene rings is 1. The van der Waals surface area contributed by atoms with Crippen molar-refractivity contribution >= 4 is 46.4 Å². The maximum absolute atomic E-state index is 11.9. The second-order valence-electron chi connectivity index (χ2n) is 4.28. The van der Waals surface area contributed by atoms with E-state index < -0.39 is 0 Å². The molecule has 0 bridgehead atoms. The topological polar surface area (TPSA) is 20.3 Å². The monoisotopic (exact) mass is 291 g/mol. The van der Waals surface area contributed by atoms with Crippen molar-refractivity contribution in [3.63, 3.8) is 0 Å². The highest BCUT2D eigenvalue weighted by atomic mass is 35.5. The first kappa shape index (κ1) is 13.0. The lowest BCUT2D eigenvalue weighted by Gasteiger charge is -2.20. The Labute approximate surface area is 115 Å². The predicted molar refractivity (Wildman–Crippen MR) is 72.4 cm³/mol. The molecule has 0 aromatic heterocycles. The van der Waals surface area contributed by atoms with Crippen LogP contribution in [-0.2, 0) is 4.79 Å². The van der Waals surface area contributed by atoms with Crippen LogP contribution in [0.4, 0.5) is 5.69 Å². The van der Waals surface area contributed by atoms with Gasteiger partial charge in [0.25, 0.3) is 0 Å². The van der Waals surface area contributed by atoms with Gasteiger partial charge in [0.15, 0.2) is 0 Å². The first-order chi connectivity index (χ1) is 8.02. The van der Waals surface area contributed by atoms with Gasteiger partial charge in [-0.1, -0.05) is 23.2 Å². The number of halogens is 3. The molecule has 0 spiro atoms. The Hall–Kier alpha value is -0.440. The summed E-state index contributed by atoms with van der Waals surface area (Å²) < 4.78 is 0. The maximum Gasteiger partial charge on any atom is 0.227 e. The lowest BCUT2D eigenvalue weighted by Crippen LogP contribution is -2.25. The van der Waals surface area contributed by atoms with Crippen LogP contribution in [0.15, 0.2) is 12.1 Å². The molecular weight excluding hydrogens is 280 g/mol. The first-order valence-corrected chi connectivity index (χ1v) is 6.64. The molecule has 1 unspecified atom stereocenters. The van der Waals surface area contributed by atoms with Gasteiger partial charge in [0, 0.05) is 23.9 Å². The molecule has 0 saturated carbocycles. The molecule has 92 valence electrons. The lowest BCUT2D eigenvalue weighted by molar-refractivity contribution is -0.117. The summed E-state index contributed by atoms with van der Waals surface area (Å²) in [4.78, 5) is 13.6. The van der Waals surface area contributed by atoms with Gasteiger partial charge >= 0.3 is 0 Å². The molecular formula is C12H12Cl3NO. The average Bonchev–Trinajstić information content (AvgIpc) is 2.59. The summed E-state index contributed by atoms with van der Waals surface area (Å²) in [7, 11) is 0. The number of hydrogen-bond acceptors (Lipinski definition) is 1. The summed E-state index contributed by atoms with van der Waals surface area (Å²) in [5.41, 5.74) is 1.67. The van der Waals surface area contributed by atoms with Crippen molar-refractivity contribution in [1.82, 2.24) is 0 Å². The zero-order valence-corrected chi connectivity index (χ0v) is 11.6. The fourth-order valence-corrected chi connectivity index (χ4v) is 3.04. The van der Waals surface area contributed by atoms with Crippen LogP contribution < -0.4 is 4.90 Å². The van der Waals surface area contributed by atoms with Gasteiger partial charge in [-0.05, 0) is 30.5 Å². The van der Waals surface area contributed by atoms with Gasteiger partial charge in [0.05, 0.1) is 10.7 Å². The third-order valence-corrected chi connectivity index (χ3v) is 3.85. The van der Waals surface area contributed by atoms with Crippen LogP contribution in [0, 0.1) is 12.8 Å². The van der Waals surface area contributed by atoms with Gasteiger partial charge in [-0.15, -0.1) is 11.6 Å². The zero-order chi connectivity index (χ0) is 12.6. The fourth-order valence-electron chi connectivity index (χ4n) is 2.14. The van der Waals surface area contributed by atoms with Crippen molar-refractivity contribution in [1.29, 1.82) is 0 Å². The zero-order valence-electron chi connectivity index (χ0n) is 9.34. The van der Waals surface area contributed by atoms with E-state index in [1.807, 2.05) is 13.0 Å². The van der Waals surface area contributed by atoms with Crippen molar-refractivity contribution in [3.05, 3.63) is 27.7 Å². The normalized spacial score (nSPS) is 20.1. The first-order valence-electron chi connectivity index (χ1n) is 5.35. The molecule has 17 heavy (non-hydrogen) atoms. The fraction of sp³-hybridized carbons (Fsp3) is 0.417. The van der Waals surface area contributed by atoms with Crippen molar-refractivity contribution in [2.24, 2.45) is 5.92 Å². The van der Waals surface area contributed by atoms with Crippen LogP contribution in [0.5, 0.6) is 0 Å². The van der Waals surface area contributed by atoms with E-state index in [1.54, 1.807) is 11.0 Å². The summed E-state index contributed by atoms with van der Waals surface area (Å²) >= 11 is 17.9.